The van der Waals surface area contributed by atoms with Crippen molar-refractivity contribution >= 4 is 11.3 Å². The van der Waals surface area contributed by atoms with Gasteiger partial charge in [0.15, 0.2) is 0 Å². The van der Waals surface area contributed by atoms with Crippen LogP contribution in [0.1, 0.15) is 51.2 Å². The van der Waals surface area contributed by atoms with Gasteiger partial charge in [-0.2, -0.15) is 0 Å². The minimum absolute atomic E-state index is 0.181. The Morgan fingerprint density at radius 3 is 2.60 bits per heavy atom. The van der Waals surface area contributed by atoms with Gasteiger partial charge in [-0.05, 0) is 6.54 Å². The van der Waals surface area contributed by atoms with Crippen LogP contribution in [-0.4, -0.2) is 18.1 Å². The highest BCUT2D eigenvalue weighted by atomic mass is 32.1. The summed E-state index contributed by atoms with van der Waals surface area (Å²) >= 11 is 1.78. The molecule has 3 heteroatoms. The molecular formula is C12H22N2S. The van der Waals surface area contributed by atoms with Gasteiger partial charge in [0.1, 0.15) is 0 Å². The molecular weight excluding hydrogens is 204 g/mol. The molecule has 0 saturated carbocycles. The Morgan fingerprint density at radius 2 is 2.13 bits per heavy atom. The second-order valence-corrected chi connectivity index (χ2v) is 5.89. The number of likely N-dealkylation sites (N-methyl/N-ethyl adjacent to an activating group) is 1. The van der Waals surface area contributed by atoms with Crippen molar-refractivity contribution in [2.45, 2.75) is 46.0 Å². The second kappa shape index (κ2) is 5.08. The van der Waals surface area contributed by atoms with Crippen LogP contribution in [0.4, 0.5) is 0 Å². The van der Waals surface area contributed by atoms with E-state index in [-0.39, 0.29) is 5.41 Å². The summed E-state index contributed by atoms with van der Waals surface area (Å²) in [7, 11) is 0. The third-order valence-electron chi connectivity index (χ3n) is 2.37. The SMILES string of the molecule is CCNCC(C)c1csc(C(C)(C)C)n1. The fourth-order valence-electron chi connectivity index (χ4n) is 1.32. The molecule has 1 N–H and O–H groups in total. The Bertz CT molecular complexity index is 299. The first-order valence-corrected chi connectivity index (χ1v) is 6.49. The van der Waals surface area contributed by atoms with Crippen LogP contribution >= 0.6 is 11.3 Å². The number of thiazole rings is 1. The van der Waals surface area contributed by atoms with E-state index >= 15 is 0 Å². The number of hydrogen-bond donors (Lipinski definition) is 1. The van der Waals surface area contributed by atoms with Crippen molar-refractivity contribution in [1.82, 2.24) is 10.3 Å². The molecule has 0 saturated heterocycles. The first-order chi connectivity index (χ1) is 6.95. The van der Waals surface area contributed by atoms with Crippen molar-refractivity contribution in [2.75, 3.05) is 13.1 Å². The van der Waals surface area contributed by atoms with Gasteiger partial charge in [-0.15, -0.1) is 11.3 Å². The molecule has 0 radical (unpaired) electrons. The van der Waals surface area contributed by atoms with Gasteiger partial charge in [0.2, 0.25) is 0 Å². The predicted octanol–water partition coefficient (Wildman–Crippen LogP) is 3.15. The van der Waals surface area contributed by atoms with Crippen LogP contribution in [-0.2, 0) is 5.41 Å². The minimum Gasteiger partial charge on any atom is -0.316 e. The van der Waals surface area contributed by atoms with Crippen molar-refractivity contribution in [3.8, 4) is 0 Å². The highest BCUT2D eigenvalue weighted by Gasteiger charge is 2.19. The van der Waals surface area contributed by atoms with E-state index in [2.05, 4.69) is 45.3 Å². The molecule has 0 bridgehead atoms. The molecule has 1 heterocycles. The van der Waals surface area contributed by atoms with Gasteiger partial charge in [-0.25, -0.2) is 4.98 Å². The topological polar surface area (TPSA) is 24.9 Å². The van der Waals surface area contributed by atoms with E-state index in [4.69, 9.17) is 4.98 Å². The van der Waals surface area contributed by atoms with Crippen LogP contribution in [0, 0.1) is 0 Å². The quantitative estimate of drug-likeness (QED) is 0.853. The summed E-state index contributed by atoms with van der Waals surface area (Å²) in [4.78, 5) is 4.71. The summed E-state index contributed by atoms with van der Waals surface area (Å²) in [6, 6.07) is 0. The summed E-state index contributed by atoms with van der Waals surface area (Å²) in [5.41, 5.74) is 1.41. The van der Waals surface area contributed by atoms with Crippen molar-refractivity contribution in [3.63, 3.8) is 0 Å². The summed E-state index contributed by atoms with van der Waals surface area (Å²) in [5, 5.41) is 6.79. The molecule has 2 nitrogen and oxygen atoms in total. The molecule has 1 aromatic rings. The normalized spacial score (nSPS) is 14.2. The van der Waals surface area contributed by atoms with Crippen molar-refractivity contribution in [2.24, 2.45) is 0 Å². The number of nitrogens with zero attached hydrogens (tertiary/aromatic N) is 1. The third kappa shape index (κ3) is 3.58. The average molecular weight is 226 g/mol. The summed E-state index contributed by atoms with van der Waals surface area (Å²) in [6.07, 6.45) is 0. The van der Waals surface area contributed by atoms with Gasteiger partial charge in [-0.3, -0.25) is 0 Å². The number of hydrogen-bond acceptors (Lipinski definition) is 3. The maximum Gasteiger partial charge on any atom is 0.0981 e. The van der Waals surface area contributed by atoms with E-state index in [1.165, 1.54) is 10.7 Å². The van der Waals surface area contributed by atoms with Gasteiger partial charge >= 0.3 is 0 Å². The van der Waals surface area contributed by atoms with Gasteiger partial charge < -0.3 is 5.32 Å². The zero-order chi connectivity index (χ0) is 11.5. The van der Waals surface area contributed by atoms with E-state index in [1.807, 2.05) is 0 Å². The third-order valence-corrected chi connectivity index (χ3v) is 3.66. The van der Waals surface area contributed by atoms with Gasteiger partial charge in [-0.1, -0.05) is 34.6 Å². The van der Waals surface area contributed by atoms with Crippen molar-refractivity contribution < 1.29 is 0 Å². The Balaban J connectivity index is 2.67. The van der Waals surface area contributed by atoms with E-state index in [9.17, 15) is 0 Å². The lowest BCUT2D eigenvalue weighted by Crippen LogP contribution is -2.20. The van der Waals surface area contributed by atoms with Crippen LogP contribution in [0.25, 0.3) is 0 Å². The molecule has 0 spiro atoms. The molecule has 0 aromatic carbocycles. The molecule has 1 atom stereocenters. The minimum atomic E-state index is 0.181. The van der Waals surface area contributed by atoms with Crippen LogP contribution < -0.4 is 5.32 Å². The molecule has 0 amide bonds. The Hall–Kier alpha value is -0.410. The molecule has 1 rings (SSSR count). The lowest BCUT2D eigenvalue weighted by atomic mass is 9.98. The highest BCUT2D eigenvalue weighted by Crippen LogP contribution is 2.27. The molecule has 0 fully saturated rings. The number of aromatic nitrogens is 1. The standard InChI is InChI=1S/C12H22N2S/c1-6-13-7-9(2)10-8-15-11(14-10)12(3,4)5/h8-9,13H,6-7H2,1-5H3. The van der Waals surface area contributed by atoms with E-state index in [1.54, 1.807) is 11.3 Å². The molecule has 15 heavy (non-hydrogen) atoms. The van der Waals surface area contributed by atoms with Gasteiger partial charge in [0, 0.05) is 23.3 Å². The number of rotatable bonds is 4. The van der Waals surface area contributed by atoms with Gasteiger partial charge in [0.25, 0.3) is 0 Å². The summed E-state index contributed by atoms with van der Waals surface area (Å²) in [6.45, 7) is 13.0. The molecule has 0 aliphatic rings. The Kier molecular flexibility index (Phi) is 4.29. The highest BCUT2D eigenvalue weighted by molar-refractivity contribution is 7.09. The van der Waals surface area contributed by atoms with E-state index < -0.39 is 0 Å². The van der Waals surface area contributed by atoms with Gasteiger partial charge in [0.05, 0.1) is 10.7 Å². The maximum atomic E-state index is 4.71. The Labute approximate surface area is 97.1 Å². The molecule has 0 aliphatic heterocycles. The first-order valence-electron chi connectivity index (χ1n) is 5.61. The first kappa shape index (κ1) is 12.7. The number of nitrogens with one attached hydrogen (secondary N) is 1. The van der Waals surface area contributed by atoms with Crippen molar-refractivity contribution in [1.29, 1.82) is 0 Å². The molecule has 0 aliphatic carbocycles. The summed E-state index contributed by atoms with van der Waals surface area (Å²) in [5.74, 6) is 0.511. The average Bonchev–Trinajstić information content (AvgIpc) is 2.62. The fourth-order valence-corrected chi connectivity index (χ4v) is 2.35. The van der Waals surface area contributed by atoms with E-state index in [0.29, 0.717) is 5.92 Å². The smallest absolute Gasteiger partial charge is 0.0981 e. The largest absolute Gasteiger partial charge is 0.316 e. The lowest BCUT2D eigenvalue weighted by molar-refractivity contribution is 0.573. The van der Waals surface area contributed by atoms with Crippen LogP contribution in [0.3, 0.4) is 0 Å². The molecule has 1 aromatic heterocycles. The van der Waals surface area contributed by atoms with Crippen LogP contribution in [0.15, 0.2) is 5.38 Å². The van der Waals surface area contributed by atoms with Crippen molar-refractivity contribution in [3.05, 3.63) is 16.1 Å². The monoisotopic (exact) mass is 226 g/mol. The lowest BCUT2D eigenvalue weighted by Gasteiger charge is -2.14. The second-order valence-electron chi connectivity index (χ2n) is 5.04. The Morgan fingerprint density at radius 1 is 1.47 bits per heavy atom. The molecule has 1 unspecified atom stereocenters. The fraction of sp³-hybridized carbons (Fsp3) is 0.750. The van der Waals surface area contributed by atoms with Crippen LogP contribution in [0.5, 0.6) is 0 Å². The van der Waals surface area contributed by atoms with E-state index in [0.717, 1.165) is 13.1 Å². The molecule has 86 valence electrons. The maximum absolute atomic E-state index is 4.71. The zero-order valence-electron chi connectivity index (χ0n) is 10.4. The summed E-state index contributed by atoms with van der Waals surface area (Å²) < 4.78 is 0. The predicted molar refractivity (Wildman–Crippen MR) is 67.8 cm³/mol. The van der Waals surface area contributed by atoms with Crippen LogP contribution in [0.2, 0.25) is 0 Å². The zero-order valence-corrected chi connectivity index (χ0v) is 11.2.